The first-order chi connectivity index (χ1) is 25.1. The fourth-order valence-electron chi connectivity index (χ4n) is 4.70. The predicted molar refractivity (Wildman–Crippen MR) is 208 cm³/mol. The summed E-state index contributed by atoms with van der Waals surface area (Å²) in [7, 11) is -4.72. The number of ether oxygens (including phenoxy) is 2. The molecule has 0 bridgehead atoms. The summed E-state index contributed by atoms with van der Waals surface area (Å²) < 4.78 is 32.5. The number of nitrogens with two attached hydrogens (primary N) is 1. The molecule has 0 spiro atoms. The monoisotopic (exact) mass is 753 g/mol. The van der Waals surface area contributed by atoms with Crippen LogP contribution in [0.15, 0.2) is 60.8 Å². The van der Waals surface area contributed by atoms with Crippen molar-refractivity contribution in [3.63, 3.8) is 0 Å². The number of unbranched alkanes of at least 4 members (excludes halogenated alkanes) is 11. The Morgan fingerprint density at radius 3 is 1.67 bits per heavy atom. The van der Waals surface area contributed by atoms with Gasteiger partial charge in [0.1, 0.15) is 12.6 Å². The third kappa shape index (κ3) is 34.3. The molecule has 0 amide bonds. The molecule has 0 aromatic heterocycles. The molecule has 52 heavy (non-hydrogen) atoms. The standard InChI is InChI=1S/C40H68NO10P/c1-3-5-7-9-11-13-15-17-18-20-21-23-25-27-29-31-38(42)48-33-36(34-49-52(46,47)50-35-37(41)40(44)45)51-39(43)32-30-28-26-24-22-19-16-14-12-10-8-6-4-2/h5,7,11,13-14,16-18,21,23,36-37H,3-4,6,8-10,12,15,19-20,22,24-35,41H2,1-2H3,(H,44,45)(H,46,47)/b7-5+,13-11+,16-14+,18-17+,23-21+/t36-,37+/m1/s1. The molecule has 0 fully saturated rings. The van der Waals surface area contributed by atoms with E-state index >= 15 is 0 Å². The maximum absolute atomic E-state index is 12.6. The smallest absolute Gasteiger partial charge is 0.472 e. The van der Waals surface area contributed by atoms with E-state index in [4.69, 9.17) is 24.8 Å². The van der Waals surface area contributed by atoms with E-state index < -0.39 is 51.1 Å². The van der Waals surface area contributed by atoms with Crippen LogP contribution in [0.25, 0.3) is 0 Å². The van der Waals surface area contributed by atoms with E-state index in [9.17, 15) is 23.8 Å². The number of hydrogen-bond acceptors (Lipinski definition) is 9. The number of hydrogen-bond donors (Lipinski definition) is 3. The van der Waals surface area contributed by atoms with Crippen molar-refractivity contribution in [1.29, 1.82) is 0 Å². The molecular formula is C40H68NO10P. The Bertz CT molecular complexity index is 1120. The molecular weight excluding hydrogens is 685 g/mol. The van der Waals surface area contributed by atoms with Gasteiger partial charge in [0.05, 0.1) is 13.2 Å². The van der Waals surface area contributed by atoms with Gasteiger partial charge in [-0.15, -0.1) is 0 Å². The topological polar surface area (TPSA) is 172 Å². The molecule has 0 aromatic carbocycles. The van der Waals surface area contributed by atoms with Crippen molar-refractivity contribution < 1.29 is 47.5 Å². The Hall–Kier alpha value is -2.82. The molecule has 0 rings (SSSR count). The Morgan fingerprint density at radius 1 is 0.615 bits per heavy atom. The molecule has 298 valence electrons. The van der Waals surface area contributed by atoms with Gasteiger partial charge in [-0.2, -0.15) is 0 Å². The normalized spacial score (nSPS) is 14.5. The van der Waals surface area contributed by atoms with E-state index in [1.165, 1.54) is 25.7 Å². The highest BCUT2D eigenvalue weighted by Gasteiger charge is 2.28. The summed E-state index contributed by atoms with van der Waals surface area (Å²) in [4.78, 5) is 45.7. The molecule has 0 saturated carbocycles. The minimum Gasteiger partial charge on any atom is -0.480 e. The lowest BCUT2D eigenvalue weighted by molar-refractivity contribution is -0.161. The van der Waals surface area contributed by atoms with Crippen molar-refractivity contribution in [3.05, 3.63) is 60.8 Å². The fourth-order valence-corrected chi connectivity index (χ4v) is 5.47. The fraction of sp³-hybridized carbons (Fsp3) is 0.675. The van der Waals surface area contributed by atoms with Crippen LogP contribution >= 0.6 is 7.82 Å². The minimum absolute atomic E-state index is 0.139. The average molecular weight is 754 g/mol. The Kier molecular flexibility index (Phi) is 33.3. The maximum atomic E-state index is 12.6. The maximum Gasteiger partial charge on any atom is 0.472 e. The summed E-state index contributed by atoms with van der Waals surface area (Å²) in [5.74, 6) is -2.45. The highest BCUT2D eigenvalue weighted by atomic mass is 31.2. The largest absolute Gasteiger partial charge is 0.480 e. The number of allylic oxidation sites excluding steroid dienone is 10. The van der Waals surface area contributed by atoms with Crippen LogP contribution in [0.5, 0.6) is 0 Å². The highest BCUT2D eigenvalue weighted by molar-refractivity contribution is 7.47. The molecule has 0 aromatic rings. The second kappa shape index (κ2) is 35.2. The van der Waals surface area contributed by atoms with E-state index in [0.717, 1.165) is 77.0 Å². The third-order valence-corrected chi connectivity index (χ3v) is 8.70. The van der Waals surface area contributed by atoms with Crippen LogP contribution in [-0.4, -0.2) is 59.9 Å². The SMILES string of the molecule is CC/C=C/C/C=C/C/C=C/C/C=C/CCCCC(=O)OC[C@H](COP(=O)(O)OC[C@H](N)C(=O)O)OC(=O)CCCCCCC/C=C/CCCCCC. The van der Waals surface area contributed by atoms with E-state index in [-0.39, 0.29) is 19.4 Å². The molecule has 0 aliphatic carbocycles. The van der Waals surface area contributed by atoms with Gasteiger partial charge in [-0.05, 0) is 77.0 Å². The number of aliphatic carboxylic acids is 1. The van der Waals surface area contributed by atoms with E-state index in [1.807, 2.05) is 0 Å². The Balaban J connectivity index is 4.53. The number of carboxylic acids is 1. The van der Waals surface area contributed by atoms with Crippen molar-refractivity contribution in [3.8, 4) is 0 Å². The van der Waals surface area contributed by atoms with Gasteiger partial charge in [0.15, 0.2) is 6.10 Å². The summed E-state index contributed by atoms with van der Waals surface area (Å²) in [6.45, 7) is 2.59. The van der Waals surface area contributed by atoms with E-state index in [0.29, 0.717) is 12.8 Å². The first kappa shape index (κ1) is 49.2. The van der Waals surface area contributed by atoms with Crippen LogP contribution < -0.4 is 5.73 Å². The summed E-state index contributed by atoms with van der Waals surface area (Å²) in [6, 6.07) is -1.53. The van der Waals surface area contributed by atoms with Gasteiger partial charge >= 0.3 is 25.7 Å². The quantitative estimate of drug-likeness (QED) is 0.0244. The second-order valence-corrected chi connectivity index (χ2v) is 14.1. The predicted octanol–water partition coefficient (Wildman–Crippen LogP) is 9.61. The summed E-state index contributed by atoms with van der Waals surface area (Å²) >= 11 is 0. The van der Waals surface area contributed by atoms with Crippen LogP contribution in [0.1, 0.15) is 142 Å². The minimum atomic E-state index is -4.72. The zero-order valence-corrected chi connectivity index (χ0v) is 32.8. The zero-order chi connectivity index (χ0) is 38.5. The molecule has 0 heterocycles. The molecule has 0 radical (unpaired) electrons. The van der Waals surface area contributed by atoms with Crippen molar-refractivity contribution in [2.24, 2.45) is 5.73 Å². The van der Waals surface area contributed by atoms with Gasteiger partial charge in [0.25, 0.3) is 0 Å². The van der Waals surface area contributed by atoms with E-state index in [2.05, 4.69) is 79.1 Å². The number of carboxylic acid groups (broad SMARTS) is 1. The molecule has 4 N–H and O–H groups in total. The lowest BCUT2D eigenvalue weighted by Gasteiger charge is -2.20. The van der Waals surface area contributed by atoms with Gasteiger partial charge < -0.3 is 25.2 Å². The number of carbonyl (C=O) groups is 3. The van der Waals surface area contributed by atoms with Crippen LogP contribution in [0.4, 0.5) is 0 Å². The number of carbonyl (C=O) groups excluding carboxylic acids is 2. The number of rotatable bonds is 35. The first-order valence-corrected chi connectivity index (χ1v) is 20.8. The average Bonchev–Trinajstić information content (AvgIpc) is 3.12. The van der Waals surface area contributed by atoms with E-state index in [1.54, 1.807) is 0 Å². The van der Waals surface area contributed by atoms with Gasteiger partial charge in [0.2, 0.25) is 0 Å². The Labute approximate surface area is 313 Å². The third-order valence-electron chi connectivity index (χ3n) is 7.75. The lowest BCUT2D eigenvalue weighted by atomic mass is 10.1. The summed E-state index contributed by atoms with van der Waals surface area (Å²) in [5, 5.41) is 8.86. The second-order valence-electron chi connectivity index (χ2n) is 12.7. The molecule has 0 aliphatic heterocycles. The summed E-state index contributed by atoms with van der Waals surface area (Å²) in [5.41, 5.74) is 5.31. The lowest BCUT2D eigenvalue weighted by Crippen LogP contribution is -2.34. The van der Waals surface area contributed by atoms with Crippen molar-refractivity contribution in [2.75, 3.05) is 19.8 Å². The highest BCUT2D eigenvalue weighted by Crippen LogP contribution is 2.43. The van der Waals surface area contributed by atoms with Gasteiger partial charge in [-0.3, -0.25) is 23.4 Å². The van der Waals surface area contributed by atoms with Crippen LogP contribution in [0.3, 0.4) is 0 Å². The van der Waals surface area contributed by atoms with Crippen LogP contribution in [0.2, 0.25) is 0 Å². The van der Waals surface area contributed by atoms with Crippen molar-refractivity contribution >= 4 is 25.7 Å². The number of phosphoric acid groups is 1. The first-order valence-electron chi connectivity index (χ1n) is 19.3. The molecule has 12 heteroatoms. The van der Waals surface area contributed by atoms with Crippen molar-refractivity contribution in [2.45, 2.75) is 154 Å². The zero-order valence-electron chi connectivity index (χ0n) is 31.9. The van der Waals surface area contributed by atoms with Crippen molar-refractivity contribution in [1.82, 2.24) is 0 Å². The molecule has 1 unspecified atom stereocenters. The molecule has 0 saturated heterocycles. The molecule has 3 atom stereocenters. The Morgan fingerprint density at radius 2 is 1.08 bits per heavy atom. The van der Waals surface area contributed by atoms with Gasteiger partial charge in [-0.1, -0.05) is 113 Å². The van der Waals surface area contributed by atoms with Crippen LogP contribution in [0, 0.1) is 0 Å². The molecule has 0 aliphatic rings. The van der Waals surface area contributed by atoms with Gasteiger partial charge in [-0.25, -0.2) is 4.57 Å². The van der Waals surface area contributed by atoms with Gasteiger partial charge in [0, 0.05) is 12.8 Å². The number of phosphoric ester groups is 1. The summed E-state index contributed by atoms with van der Waals surface area (Å²) in [6.07, 6.45) is 38.7. The molecule has 11 nitrogen and oxygen atoms in total. The number of esters is 2. The van der Waals surface area contributed by atoms with Crippen LogP contribution in [-0.2, 0) is 37.5 Å².